The molecule has 0 radical (unpaired) electrons. The molecule has 1 aromatic rings. The van der Waals surface area contributed by atoms with Gasteiger partial charge in [0.05, 0.1) is 5.56 Å². The van der Waals surface area contributed by atoms with Crippen LogP contribution in [0.4, 0.5) is 13.2 Å². The highest BCUT2D eigenvalue weighted by molar-refractivity contribution is 8.13. The zero-order valence-corrected chi connectivity index (χ0v) is 12.0. The van der Waals surface area contributed by atoms with Crippen molar-refractivity contribution in [3.05, 3.63) is 23.3 Å². The first-order valence-corrected chi connectivity index (χ1v) is 8.08. The van der Waals surface area contributed by atoms with Gasteiger partial charge in [0.25, 0.3) is 9.05 Å². The van der Waals surface area contributed by atoms with Crippen molar-refractivity contribution in [2.75, 3.05) is 0 Å². The van der Waals surface area contributed by atoms with E-state index >= 15 is 0 Å². The lowest BCUT2D eigenvalue weighted by Crippen LogP contribution is -2.03. The van der Waals surface area contributed by atoms with Crippen molar-refractivity contribution < 1.29 is 21.6 Å². The maximum absolute atomic E-state index is 12.3. The first kappa shape index (κ1) is 16.4. The summed E-state index contributed by atoms with van der Waals surface area (Å²) in [6.07, 6.45) is 0. The first-order valence-electron chi connectivity index (χ1n) is 4.42. The van der Waals surface area contributed by atoms with E-state index in [4.69, 9.17) is 27.5 Å². The van der Waals surface area contributed by atoms with Crippen LogP contribution in [0.3, 0.4) is 0 Å². The Bertz CT molecular complexity index is 638. The predicted octanol–water partition coefficient (Wildman–Crippen LogP) is 3.84. The molecule has 104 valence electrons. The summed E-state index contributed by atoms with van der Waals surface area (Å²) < 4.78 is 59.4. The van der Waals surface area contributed by atoms with Gasteiger partial charge in [-0.25, -0.2) is 8.42 Å². The Morgan fingerprint density at radius 3 is 2.32 bits per heavy atom. The number of rotatable bonds is 3. The number of thioether (sulfide) groups is 1. The molecular weight excluding hydrogens is 346 g/mol. The van der Waals surface area contributed by atoms with Gasteiger partial charge in [-0.15, -0.1) is 11.6 Å². The van der Waals surface area contributed by atoms with Crippen LogP contribution in [-0.4, -0.2) is 13.9 Å². The van der Waals surface area contributed by atoms with Crippen LogP contribution in [-0.2, 0) is 14.9 Å². The number of benzene rings is 1. The van der Waals surface area contributed by atoms with Gasteiger partial charge in [-0.3, -0.25) is 0 Å². The third kappa shape index (κ3) is 4.45. The van der Waals surface area contributed by atoms with Crippen LogP contribution in [0.1, 0.15) is 11.1 Å². The van der Waals surface area contributed by atoms with Crippen LogP contribution >= 0.6 is 34.0 Å². The molecule has 0 aliphatic heterocycles. The zero-order valence-electron chi connectivity index (χ0n) is 8.83. The van der Waals surface area contributed by atoms with Gasteiger partial charge in [0.2, 0.25) is 0 Å². The lowest BCUT2D eigenvalue weighted by Gasteiger charge is -2.10. The van der Waals surface area contributed by atoms with Gasteiger partial charge in [0, 0.05) is 21.5 Å². The van der Waals surface area contributed by atoms with Crippen molar-refractivity contribution in [1.29, 1.82) is 5.26 Å². The molecule has 0 spiro atoms. The van der Waals surface area contributed by atoms with Crippen LogP contribution in [0.2, 0.25) is 0 Å². The summed E-state index contributed by atoms with van der Waals surface area (Å²) >= 11 is 4.99. The van der Waals surface area contributed by atoms with E-state index in [0.29, 0.717) is 6.07 Å². The summed E-state index contributed by atoms with van der Waals surface area (Å²) in [6, 6.07) is 3.29. The molecule has 0 aromatic heterocycles. The van der Waals surface area contributed by atoms with Crippen LogP contribution in [0.25, 0.3) is 0 Å². The third-order valence-electron chi connectivity index (χ3n) is 1.91. The molecule has 0 fully saturated rings. The topological polar surface area (TPSA) is 57.9 Å². The van der Waals surface area contributed by atoms with E-state index in [1.165, 1.54) is 0 Å². The van der Waals surface area contributed by atoms with Crippen LogP contribution in [0, 0.1) is 11.3 Å². The second kappa shape index (κ2) is 5.79. The van der Waals surface area contributed by atoms with Crippen molar-refractivity contribution in [3.8, 4) is 6.07 Å². The Morgan fingerprint density at radius 2 is 1.95 bits per heavy atom. The van der Waals surface area contributed by atoms with Crippen LogP contribution in [0.15, 0.2) is 21.9 Å². The van der Waals surface area contributed by atoms with E-state index in [1.807, 2.05) is 0 Å². The third-order valence-corrected chi connectivity index (χ3v) is 4.25. The predicted molar refractivity (Wildman–Crippen MR) is 65.7 cm³/mol. The first-order chi connectivity index (χ1) is 8.58. The van der Waals surface area contributed by atoms with Gasteiger partial charge < -0.3 is 0 Å². The summed E-state index contributed by atoms with van der Waals surface area (Å²) in [7, 11) is 0.756. The smallest absolute Gasteiger partial charge is 0.207 e. The number of hydrogen-bond donors (Lipinski definition) is 0. The number of halogens is 5. The molecule has 0 aliphatic rings. The molecule has 1 rings (SSSR count). The maximum atomic E-state index is 12.3. The highest BCUT2D eigenvalue weighted by Crippen LogP contribution is 2.39. The van der Waals surface area contributed by atoms with Crippen molar-refractivity contribution in [2.24, 2.45) is 0 Å². The van der Waals surface area contributed by atoms with Crippen LogP contribution < -0.4 is 0 Å². The average molecular weight is 350 g/mol. The Balaban J connectivity index is 3.54. The fourth-order valence-electron chi connectivity index (χ4n) is 1.26. The van der Waals surface area contributed by atoms with E-state index in [-0.39, 0.29) is 17.0 Å². The van der Waals surface area contributed by atoms with Crippen molar-refractivity contribution in [3.63, 3.8) is 0 Å². The molecule has 0 aliphatic carbocycles. The molecule has 3 nitrogen and oxygen atoms in total. The molecule has 0 bridgehead atoms. The van der Waals surface area contributed by atoms with Crippen molar-refractivity contribution >= 4 is 43.1 Å². The van der Waals surface area contributed by atoms with Gasteiger partial charge in [0.1, 0.15) is 11.0 Å². The fraction of sp³-hybridized carbons (Fsp3) is 0.222. The van der Waals surface area contributed by atoms with Gasteiger partial charge in [-0.1, -0.05) is 0 Å². The SMILES string of the molecule is N#Cc1c(CCl)cc(SC(F)(F)F)cc1S(=O)(=O)Cl. The van der Waals surface area contributed by atoms with Crippen molar-refractivity contribution in [1.82, 2.24) is 0 Å². The molecule has 0 amide bonds. The minimum absolute atomic E-state index is 0.0300. The van der Waals surface area contributed by atoms with E-state index in [1.54, 1.807) is 6.07 Å². The number of hydrogen-bond acceptors (Lipinski definition) is 4. The maximum Gasteiger partial charge on any atom is 0.446 e. The average Bonchev–Trinajstić information content (AvgIpc) is 2.24. The normalized spacial score (nSPS) is 12.2. The number of nitriles is 1. The van der Waals surface area contributed by atoms with E-state index in [2.05, 4.69) is 0 Å². The van der Waals surface area contributed by atoms with Crippen LogP contribution in [0.5, 0.6) is 0 Å². The molecule has 0 unspecified atom stereocenters. The molecule has 0 atom stereocenters. The largest absolute Gasteiger partial charge is 0.446 e. The van der Waals surface area contributed by atoms with Gasteiger partial charge in [-0.2, -0.15) is 18.4 Å². The highest BCUT2D eigenvalue weighted by atomic mass is 35.7. The Kier molecular flexibility index (Phi) is 5.01. The van der Waals surface area contributed by atoms with E-state index in [0.717, 1.165) is 6.07 Å². The molecule has 0 saturated carbocycles. The molecular formula is C9H4Cl2F3NO2S2. The van der Waals surface area contributed by atoms with Gasteiger partial charge >= 0.3 is 5.51 Å². The minimum atomic E-state index is -4.59. The standard InChI is InChI=1S/C9H4Cl2F3NO2S2/c10-3-5-1-6(18-9(12,13)14)2-8(7(5)4-15)19(11,16)17/h1-2H,3H2. The second-order valence-corrected chi connectivity index (χ2v) is 7.13. The summed E-state index contributed by atoms with van der Waals surface area (Å²) in [5.41, 5.74) is -4.97. The summed E-state index contributed by atoms with van der Waals surface area (Å²) in [6.45, 7) is 0. The Morgan fingerprint density at radius 1 is 1.37 bits per heavy atom. The molecule has 10 heteroatoms. The summed E-state index contributed by atoms with van der Waals surface area (Å²) in [5, 5.41) is 8.86. The zero-order chi connectivity index (χ0) is 14.8. The van der Waals surface area contributed by atoms with Gasteiger partial charge in [-0.05, 0) is 29.5 Å². The minimum Gasteiger partial charge on any atom is -0.207 e. The van der Waals surface area contributed by atoms with E-state index in [9.17, 15) is 21.6 Å². The fourth-order valence-corrected chi connectivity index (χ4v) is 3.25. The van der Waals surface area contributed by atoms with E-state index < -0.39 is 36.1 Å². The highest BCUT2D eigenvalue weighted by Gasteiger charge is 2.31. The summed E-state index contributed by atoms with van der Waals surface area (Å²) in [5.74, 6) is -0.311. The lowest BCUT2D eigenvalue weighted by atomic mass is 10.1. The monoisotopic (exact) mass is 349 g/mol. The molecule has 0 heterocycles. The van der Waals surface area contributed by atoms with Gasteiger partial charge in [0.15, 0.2) is 0 Å². The summed E-state index contributed by atoms with van der Waals surface area (Å²) in [4.78, 5) is -1.08. The Labute approximate surface area is 120 Å². The number of alkyl halides is 4. The number of nitrogens with zero attached hydrogens (tertiary/aromatic N) is 1. The molecule has 0 saturated heterocycles. The molecule has 19 heavy (non-hydrogen) atoms. The molecule has 1 aromatic carbocycles. The lowest BCUT2D eigenvalue weighted by molar-refractivity contribution is -0.0328. The molecule has 0 N–H and O–H groups in total. The Hall–Kier alpha value is -0.620. The van der Waals surface area contributed by atoms with Crippen molar-refractivity contribution in [2.45, 2.75) is 21.2 Å². The second-order valence-electron chi connectivity index (χ2n) is 3.19. The quantitative estimate of drug-likeness (QED) is 0.472.